The largest absolute Gasteiger partial charge is 0.286 e. The first-order valence-corrected chi connectivity index (χ1v) is 13.2. The molecule has 4 rings (SSSR count). The highest BCUT2D eigenvalue weighted by atomic mass is 32.2. The molecule has 1 heterocycles. The Hall–Kier alpha value is -2.50. The van der Waals surface area contributed by atoms with Crippen molar-refractivity contribution in [2.24, 2.45) is 0 Å². The van der Waals surface area contributed by atoms with Crippen molar-refractivity contribution >= 4 is 10.1 Å². The lowest BCUT2D eigenvalue weighted by atomic mass is 9.71. The molecule has 32 heavy (non-hydrogen) atoms. The Morgan fingerprint density at radius 3 is 2.16 bits per heavy atom. The molecule has 0 spiro atoms. The van der Waals surface area contributed by atoms with Gasteiger partial charge in [-0.2, -0.15) is 8.42 Å². The van der Waals surface area contributed by atoms with Crippen molar-refractivity contribution in [1.29, 1.82) is 0 Å². The summed E-state index contributed by atoms with van der Waals surface area (Å²) in [5.41, 5.74) is 8.10. The van der Waals surface area contributed by atoms with E-state index in [4.69, 9.17) is 4.55 Å². The van der Waals surface area contributed by atoms with Crippen LogP contribution in [0.15, 0.2) is 67.0 Å². The second-order valence-electron chi connectivity index (χ2n) is 8.85. The predicted octanol–water partition coefficient (Wildman–Crippen LogP) is 5.79. The molecule has 0 radical (unpaired) electrons. The first-order valence-electron chi connectivity index (χ1n) is 11.6. The monoisotopic (exact) mass is 450 g/mol. The topological polar surface area (TPSA) is 58.2 Å². The van der Waals surface area contributed by atoms with Gasteiger partial charge in [0.15, 0.2) is 12.4 Å². The molecule has 1 aliphatic carbocycles. The van der Waals surface area contributed by atoms with E-state index in [0.29, 0.717) is 13.0 Å². The van der Waals surface area contributed by atoms with Crippen molar-refractivity contribution < 1.29 is 17.5 Å². The smallest absolute Gasteiger partial charge is 0.265 e. The molecule has 0 aliphatic heterocycles. The molecule has 0 saturated heterocycles. The van der Waals surface area contributed by atoms with Gasteiger partial charge in [-0.3, -0.25) is 4.55 Å². The number of fused-ring (bicyclic) bond motifs is 3. The van der Waals surface area contributed by atoms with Crippen LogP contribution >= 0.6 is 0 Å². The van der Waals surface area contributed by atoms with Crippen LogP contribution < -0.4 is 4.57 Å². The Morgan fingerprint density at radius 2 is 1.50 bits per heavy atom. The molecule has 3 aromatic rings. The summed E-state index contributed by atoms with van der Waals surface area (Å²) in [5.74, 6) is -0.218. The third-order valence-corrected chi connectivity index (χ3v) is 7.47. The normalized spacial score (nSPS) is 14.2. The Morgan fingerprint density at radius 1 is 0.844 bits per heavy atom. The van der Waals surface area contributed by atoms with Crippen LogP contribution in [0.3, 0.4) is 0 Å². The van der Waals surface area contributed by atoms with Crippen molar-refractivity contribution in [1.82, 2.24) is 0 Å². The van der Waals surface area contributed by atoms with Crippen molar-refractivity contribution in [2.75, 3.05) is 5.75 Å². The summed E-state index contributed by atoms with van der Waals surface area (Å²) in [6.45, 7) is 5.11. The fourth-order valence-corrected chi connectivity index (χ4v) is 5.87. The molecule has 0 unspecified atom stereocenters. The standard InChI is InChI=1S/C27H31NO3S/c1-3-14-27(15-4-2)25-9-6-5-8-23(25)24-11-10-22(20-26(24)27)21-12-17-28(18-13-21)16-7-19-32(29,30)31/h5-6,8-13,17-18,20H,3-4,7,14-16,19H2,1-2H3/p+1. The van der Waals surface area contributed by atoms with Crippen molar-refractivity contribution in [3.8, 4) is 22.3 Å². The molecule has 0 atom stereocenters. The quantitative estimate of drug-likeness (QED) is 0.332. The average molecular weight is 451 g/mol. The van der Waals surface area contributed by atoms with E-state index < -0.39 is 10.1 Å². The van der Waals surface area contributed by atoms with E-state index in [-0.39, 0.29) is 11.2 Å². The van der Waals surface area contributed by atoms with Gasteiger partial charge in [-0.15, -0.1) is 0 Å². The maximum absolute atomic E-state index is 10.9. The van der Waals surface area contributed by atoms with E-state index in [1.807, 2.05) is 17.0 Å². The summed E-state index contributed by atoms with van der Waals surface area (Å²) in [7, 11) is -3.91. The van der Waals surface area contributed by atoms with Crippen LogP contribution in [-0.4, -0.2) is 18.7 Å². The third-order valence-electron chi connectivity index (χ3n) is 6.66. The van der Waals surface area contributed by atoms with Gasteiger partial charge in [-0.05, 0) is 52.3 Å². The summed E-state index contributed by atoms with van der Waals surface area (Å²) in [5, 5.41) is 0. The number of pyridine rings is 1. The highest BCUT2D eigenvalue weighted by Crippen LogP contribution is 2.54. The highest BCUT2D eigenvalue weighted by molar-refractivity contribution is 7.85. The van der Waals surface area contributed by atoms with Crippen molar-refractivity contribution in [3.05, 3.63) is 78.1 Å². The van der Waals surface area contributed by atoms with Gasteiger partial charge in [0.05, 0.1) is 5.75 Å². The molecular weight excluding hydrogens is 418 g/mol. The molecule has 168 valence electrons. The first-order chi connectivity index (χ1) is 15.4. The van der Waals surface area contributed by atoms with Crippen LogP contribution in [0, 0.1) is 0 Å². The molecule has 1 aromatic heterocycles. The van der Waals surface area contributed by atoms with Crippen molar-refractivity contribution in [3.63, 3.8) is 0 Å². The number of aryl methyl sites for hydroxylation is 1. The maximum Gasteiger partial charge on any atom is 0.265 e. The van der Waals surface area contributed by atoms with Crippen LogP contribution in [0.25, 0.3) is 22.3 Å². The predicted molar refractivity (Wildman–Crippen MR) is 129 cm³/mol. The van der Waals surface area contributed by atoms with E-state index >= 15 is 0 Å². The molecule has 1 aliphatic rings. The van der Waals surface area contributed by atoms with Gasteiger partial charge < -0.3 is 0 Å². The van der Waals surface area contributed by atoms with Crippen molar-refractivity contribution in [2.45, 2.75) is 57.9 Å². The number of aromatic nitrogens is 1. The highest BCUT2D eigenvalue weighted by Gasteiger charge is 2.41. The second-order valence-corrected chi connectivity index (χ2v) is 10.4. The summed E-state index contributed by atoms with van der Waals surface area (Å²) in [6, 6.07) is 19.9. The second kappa shape index (κ2) is 9.16. The van der Waals surface area contributed by atoms with Gasteiger partial charge in [-0.1, -0.05) is 63.1 Å². The Balaban J connectivity index is 1.67. The van der Waals surface area contributed by atoms with Gasteiger partial charge in [-0.25, -0.2) is 4.57 Å². The molecule has 4 nitrogen and oxygen atoms in total. The van der Waals surface area contributed by atoms with E-state index in [0.717, 1.165) is 31.2 Å². The molecule has 0 bridgehead atoms. The van der Waals surface area contributed by atoms with Gasteiger partial charge in [0.25, 0.3) is 10.1 Å². The van der Waals surface area contributed by atoms with Crippen LogP contribution in [0.1, 0.15) is 57.1 Å². The summed E-state index contributed by atoms with van der Waals surface area (Å²) in [4.78, 5) is 0. The maximum atomic E-state index is 10.9. The van der Waals surface area contributed by atoms with Gasteiger partial charge in [0, 0.05) is 24.0 Å². The molecule has 5 heteroatoms. The zero-order valence-electron chi connectivity index (χ0n) is 18.9. The lowest BCUT2D eigenvalue weighted by Crippen LogP contribution is -2.33. The Labute approximate surface area is 191 Å². The minimum Gasteiger partial charge on any atom is -0.286 e. The van der Waals surface area contributed by atoms with E-state index in [1.54, 1.807) is 0 Å². The molecule has 0 amide bonds. The number of hydrogen-bond donors (Lipinski definition) is 1. The lowest BCUT2D eigenvalue weighted by molar-refractivity contribution is -0.696. The minimum absolute atomic E-state index is 0.0793. The molecule has 0 saturated carbocycles. The number of benzene rings is 2. The summed E-state index contributed by atoms with van der Waals surface area (Å²) >= 11 is 0. The van der Waals surface area contributed by atoms with Gasteiger partial charge >= 0.3 is 0 Å². The zero-order chi connectivity index (χ0) is 22.8. The molecule has 1 N–H and O–H groups in total. The van der Waals surface area contributed by atoms with E-state index in [2.05, 4.69) is 68.4 Å². The van der Waals surface area contributed by atoms with Crippen LogP contribution in [0.4, 0.5) is 0 Å². The minimum atomic E-state index is -3.91. The van der Waals surface area contributed by atoms with E-state index in [1.165, 1.54) is 27.8 Å². The Kier molecular flexibility index (Phi) is 6.50. The fraction of sp³-hybridized carbons (Fsp3) is 0.370. The SMILES string of the molecule is CCCC1(CCC)c2ccccc2-c2ccc(-c3cc[n+](CCCS(=O)(=O)O)cc3)cc21. The first kappa shape index (κ1) is 22.7. The molecule has 0 fully saturated rings. The molecule has 2 aromatic carbocycles. The number of nitrogens with zero attached hydrogens (tertiary/aromatic N) is 1. The van der Waals surface area contributed by atoms with Gasteiger partial charge in [0.1, 0.15) is 6.54 Å². The summed E-state index contributed by atoms with van der Waals surface area (Å²) in [6.07, 6.45) is 8.93. The third kappa shape index (κ3) is 4.37. The fourth-order valence-electron chi connectivity index (χ4n) is 5.38. The molecular formula is C27H32NO3S+. The van der Waals surface area contributed by atoms with E-state index in [9.17, 15) is 8.42 Å². The van der Waals surface area contributed by atoms with Crippen LogP contribution in [-0.2, 0) is 22.1 Å². The lowest BCUT2D eigenvalue weighted by Gasteiger charge is -2.32. The number of hydrogen-bond acceptors (Lipinski definition) is 2. The van der Waals surface area contributed by atoms with Crippen LogP contribution in [0.2, 0.25) is 0 Å². The summed E-state index contributed by atoms with van der Waals surface area (Å²) < 4.78 is 32.7. The average Bonchev–Trinajstić information content (AvgIpc) is 3.04. The van der Waals surface area contributed by atoms with Gasteiger partial charge in [0.2, 0.25) is 0 Å². The Bertz CT molecular complexity index is 1190. The number of rotatable bonds is 9. The van der Waals surface area contributed by atoms with Crippen LogP contribution in [0.5, 0.6) is 0 Å². The zero-order valence-corrected chi connectivity index (χ0v) is 19.7.